The highest BCUT2D eigenvalue weighted by Gasteiger charge is 2.12. The lowest BCUT2D eigenvalue weighted by molar-refractivity contribution is -0.759. The summed E-state index contributed by atoms with van der Waals surface area (Å²) in [6.45, 7) is -0.577. The number of hydrogen-bond donors (Lipinski definition) is 0. The van der Waals surface area contributed by atoms with Crippen molar-refractivity contribution in [2.75, 3.05) is 26.4 Å². The predicted octanol–water partition coefficient (Wildman–Crippen LogP) is -0.549. The van der Waals surface area contributed by atoms with E-state index in [-0.39, 0.29) is 26.3 Å². The molecule has 0 N–H and O–H groups in total. The van der Waals surface area contributed by atoms with Gasteiger partial charge >= 0.3 is 0 Å². The molecule has 0 aliphatic carbocycles. The molecule has 0 aliphatic heterocycles. The summed E-state index contributed by atoms with van der Waals surface area (Å²) in [7, 11) is 0. The molecule has 0 saturated carbocycles. The fraction of sp³-hybridized carbons (Fsp3) is 0.833. The highest BCUT2D eigenvalue weighted by Crippen LogP contribution is 1.95. The Morgan fingerprint density at radius 1 is 1.38 bits per heavy atom. The standard InChI is InChI=1S/C6H10N2O8/c9-5-13-3-6(4-16-8(11)12)14-1-2-15-7-10/h5-6H,1-4H2. The molecule has 0 aromatic heterocycles. The van der Waals surface area contributed by atoms with Gasteiger partial charge in [-0.05, 0) is 0 Å². The Kier molecular flexibility index (Phi) is 8.40. The van der Waals surface area contributed by atoms with Crippen LogP contribution in [-0.4, -0.2) is 44.1 Å². The second-order valence-electron chi connectivity index (χ2n) is 2.35. The van der Waals surface area contributed by atoms with Gasteiger partial charge in [0, 0.05) is 0 Å². The molecule has 0 aliphatic rings. The maximum atomic E-state index is 9.89. The van der Waals surface area contributed by atoms with Crippen molar-refractivity contribution in [2.24, 2.45) is 5.34 Å². The van der Waals surface area contributed by atoms with Crippen LogP contribution in [0.4, 0.5) is 0 Å². The first-order valence-electron chi connectivity index (χ1n) is 4.09. The molecule has 1 atom stereocenters. The monoisotopic (exact) mass is 238 g/mol. The molecule has 0 spiro atoms. The van der Waals surface area contributed by atoms with E-state index in [1.54, 1.807) is 0 Å². The Morgan fingerprint density at radius 3 is 2.69 bits per heavy atom. The lowest BCUT2D eigenvalue weighted by Gasteiger charge is -2.14. The first-order chi connectivity index (χ1) is 7.70. The molecular weight excluding hydrogens is 228 g/mol. The van der Waals surface area contributed by atoms with Gasteiger partial charge in [-0.25, -0.2) is 0 Å². The van der Waals surface area contributed by atoms with Crippen LogP contribution in [0, 0.1) is 15.0 Å². The van der Waals surface area contributed by atoms with E-state index >= 15 is 0 Å². The molecule has 0 aromatic carbocycles. The number of hydrogen-bond acceptors (Lipinski definition) is 9. The molecule has 1 unspecified atom stereocenters. The minimum absolute atomic E-state index is 0.0420. The van der Waals surface area contributed by atoms with E-state index in [4.69, 9.17) is 4.74 Å². The van der Waals surface area contributed by atoms with E-state index in [0.717, 1.165) is 0 Å². The van der Waals surface area contributed by atoms with Crippen molar-refractivity contribution in [3.63, 3.8) is 0 Å². The number of carbonyl (C=O) groups excluding carboxylic acids is 1. The summed E-state index contributed by atoms with van der Waals surface area (Å²) in [6, 6.07) is 0. The molecule has 10 heteroatoms. The van der Waals surface area contributed by atoms with Crippen molar-refractivity contribution in [1.29, 1.82) is 0 Å². The normalized spacial score (nSPS) is 11.2. The van der Waals surface area contributed by atoms with E-state index in [1.165, 1.54) is 0 Å². The van der Waals surface area contributed by atoms with Crippen LogP contribution in [0.25, 0.3) is 0 Å². The Bertz CT molecular complexity index is 223. The highest BCUT2D eigenvalue weighted by molar-refractivity contribution is 5.36. The van der Waals surface area contributed by atoms with Crippen LogP contribution < -0.4 is 0 Å². The van der Waals surface area contributed by atoms with Gasteiger partial charge in [-0.15, -0.1) is 15.0 Å². The van der Waals surface area contributed by atoms with Crippen LogP contribution >= 0.6 is 0 Å². The Morgan fingerprint density at radius 2 is 2.12 bits per heavy atom. The fourth-order valence-electron chi connectivity index (χ4n) is 0.724. The zero-order valence-electron chi connectivity index (χ0n) is 8.14. The summed E-state index contributed by atoms with van der Waals surface area (Å²) >= 11 is 0. The minimum atomic E-state index is -0.999. The first-order valence-corrected chi connectivity index (χ1v) is 4.09. The van der Waals surface area contributed by atoms with Gasteiger partial charge in [-0.1, -0.05) is 0 Å². The average Bonchev–Trinajstić information content (AvgIpc) is 2.26. The lowest BCUT2D eigenvalue weighted by atomic mass is 10.4. The van der Waals surface area contributed by atoms with Gasteiger partial charge in [0.25, 0.3) is 11.6 Å². The zero-order chi connectivity index (χ0) is 12.2. The van der Waals surface area contributed by atoms with Crippen LogP contribution in [-0.2, 0) is 23.9 Å². The van der Waals surface area contributed by atoms with Crippen molar-refractivity contribution < 1.29 is 29.0 Å². The molecule has 92 valence electrons. The van der Waals surface area contributed by atoms with Crippen LogP contribution in [0.5, 0.6) is 0 Å². The van der Waals surface area contributed by atoms with E-state index < -0.39 is 17.8 Å². The maximum absolute atomic E-state index is 9.89. The summed E-state index contributed by atoms with van der Waals surface area (Å²) in [5, 5.41) is 11.0. The second-order valence-corrected chi connectivity index (χ2v) is 2.35. The zero-order valence-corrected chi connectivity index (χ0v) is 8.14. The first kappa shape index (κ1) is 14.0. The van der Waals surface area contributed by atoms with Crippen molar-refractivity contribution >= 4 is 6.47 Å². The van der Waals surface area contributed by atoms with Crippen molar-refractivity contribution in [3.05, 3.63) is 15.0 Å². The number of rotatable bonds is 11. The van der Waals surface area contributed by atoms with Crippen LogP contribution in [0.1, 0.15) is 0 Å². The summed E-state index contributed by atoms with van der Waals surface area (Å²) in [6.07, 6.45) is -0.814. The van der Waals surface area contributed by atoms with Gasteiger partial charge in [0.2, 0.25) is 0 Å². The van der Waals surface area contributed by atoms with Gasteiger partial charge in [-0.3, -0.25) is 4.79 Å². The van der Waals surface area contributed by atoms with E-state index in [2.05, 4.69) is 19.8 Å². The average molecular weight is 238 g/mol. The van der Waals surface area contributed by atoms with Gasteiger partial charge < -0.3 is 19.1 Å². The van der Waals surface area contributed by atoms with Crippen molar-refractivity contribution in [3.8, 4) is 0 Å². The molecule has 0 fully saturated rings. The molecular formula is C6H10N2O8. The molecule has 0 heterocycles. The topological polar surface area (TPSA) is 127 Å². The lowest BCUT2D eigenvalue weighted by Crippen LogP contribution is -2.28. The number of nitrogens with zero attached hydrogens (tertiary/aromatic N) is 2. The Hall–Kier alpha value is -1.97. The molecule has 0 amide bonds. The summed E-state index contributed by atoms with van der Waals surface area (Å²) in [4.78, 5) is 37.4. The third-order valence-corrected chi connectivity index (χ3v) is 1.30. The van der Waals surface area contributed by atoms with E-state index in [0.29, 0.717) is 0 Å². The predicted molar refractivity (Wildman–Crippen MR) is 46.4 cm³/mol. The van der Waals surface area contributed by atoms with Crippen LogP contribution in [0.15, 0.2) is 5.34 Å². The third kappa shape index (κ3) is 8.62. The van der Waals surface area contributed by atoms with Gasteiger partial charge in [-0.2, -0.15) is 0 Å². The second kappa shape index (κ2) is 9.58. The smallest absolute Gasteiger partial charge is 0.294 e. The van der Waals surface area contributed by atoms with Crippen LogP contribution in [0.2, 0.25) is 0 Å². The molecule has 0 aromatic rings. The Balaban J connectivity index is 3.74. The largest absolute Gasteiger partial charge is 0.465 e. The fourth-order valence-corrected chi connectivity index (χ4v) is 0.724. The molecule has 0 saturated heterocycles. The highest BCUT2D eigenvalue weighted by atomic mass is 17.0. The number of ether oxygens (including phenoxy) is 2. The van der Waals surface area contributed by atoms with E-state index in [9.17, 15) is 19.8 Å². The van der Waals surface area contributed by atoms with Crippen molar-refractivity contribution in [2.45, 2.75) is 6.10 Å². The van der Waals surface area contributed by atoms with Gasteiger partial charge in [0.15, 0.2) is 5.34 Å². The van der Waals surface area contributed by atoms with E-state index in [1.807, 2.05) is 0 Å². The number of carbonyl (C=O) groups is 1. The van der Waals surface area contributed by atoms with Gasteiger partial charge in [0.05, 0.1) is 6.61 Å². The molecule has 0 bridgehead atoms. The summed E-state index contributed by atoms with van der Waals surface area (Å²) in [5.41, 5.74) is 0. The molecule has 0 radical (unpaired) electrons. The Labute approximate surface area is 89.4 Å². The van der Waals surface area contributed by atoms with Crippen LogP contribution in [0.3, 0.4) is 0 Å². The quantitative estimate of drug-likeness (QED) is 0.154. The molecule has 10 nitrogen and oxygen atoms in total. The van der Waals surface area contributed by atoms with Gasteiger partial charge in [0.1, 0.15) is 25.9 Å². The maximum Gasteiger partial charge on any atom is 0.294 e. The minimum Gasteiger partial charge on any atom is -0.465 e. The summed E-state index contributed by atoms with van der Waals surface area (Å²) in [5.74, 6) is 0. The SMILES string of the molecule is O=COCC(CO[N+](=O)[O-])OCCON=O. The molecule has 0 rings (SSSR count). The van der Waals surface area contributed by atoms with Crippen molar-refractivity contribution in [1.82, 2.24) is 0 Å². The summed E-state index contributed by atoms with van der Waals surface area (Å²) < 4.78 is 9.31. The molecule has 16 heavy (non-hydrogen) atoms. The third-order valence-electron chi connectivity index (χ3n) is 1.30.